The van der Waals surface area contributed by atoms with Gasteiger partial charge in [0.15, 0.2) is 0 Å². The number of fused-ring (bicyclic) bond motifs is 15. The highest BCUT2D eigenvalue weighted by Gasteiger charge is 2.25. The highest BCUT2D eigenvalue weighted by molar-refractivity contribution is 6.25. The second-order valence-corrected chi connectivity index (χ2v) is 23.5. The molecule has 0 saturated heterocycles. The minimum atomic E-state index is 0.660. The maximum atomic E-state index is 9.72. The zero-order valence-corrected chi connectivity index (χ0v) is 48.4. The molecule has 0 fully saturated rings. The first kappa shape index (κ1) is 50.9. The first-order valence-electron chi connectivity index (χ1n) is 30.4. The lowest BCUT2D eigenvalue weighted by molar-refractivity contribution is 0.487. The van der Waals surface area contributed by atoms with Crippen LogP contribution in [-0.2, 0) is 0 Å². The number of hydrogen-bond donors (Lipinski definition) is 0. The summed E-state index contributed by atoms with van der Waals surface area (Å²) in [6.07, 6.45) is 0. The zero-order valence-electron chi connectivity index (χ0n) is 48.4. The van der Waals surface area contributed by atoms with E-state index in [9.17, 15) is 10.5 Å². The van der Waals surface area contributed by atoms with Gasteiger partial charge < -0.3 is 9.47 Å². The number of rotatable bonds is 4. The van der Waals surface area contributed by atoms with E-state index < -0.39 is 0 Å². The first-order chi connectivity index (χ1) is 44.5. The molecule has 17 aromatic rings. The van der Waals surface area contributed by atoms with Gasteiger partial charge in [-0.25, -0.2) is 0 Å². The van der Waals surface area contributed by atoms with E-state index in [1.165, 1.54) is 103 Å². The molecule has 19 rings (SSSR count). The van der Waals surface area contributed by atoms with Gasteiger partial charge in [-0.1, -0.05) is 224 Å². The summed E-state index contributed by atoms with van der Waals surface area (Å²) in [5, 5.41) is 40.7. The second kappa shape index (κ2) is 20.1. The molecule has 0 N–H and O–H groups in total. The molecule has 0 bridgehead atoms. The largest absolute Gasteiger partial charge is 0.456 e. The van der Waals surface area contributed by atoms with Crippen LogP contribution in [-0.4, -0.2) is 0 Å². The van der Waals surface area contributed by atoms with Crippen LogP contribution in [0, 0.1) is 22.7 Å². The SMILES string of the molecule is N#Cc1ccc2c3c(cccc13)-c1ccc(-c3cc4c5ccccc5c(-c5cccc6ccccc56)cc4c4ccccc34)cc1O2.N#Cc1ccc2c3c(cccc13)-c1ccc(-c3ccc(-c4cc5c6ccccc6ccc5c5ccccc45)cc3)cc1O2. The predicted octanol–water partition coefficient (Wildman–Crippen LogP) is 23.7. The van der Waals surface area contributed by atoms with Gasteiger partial charge in [-0.15, -0.1) is 0 Å². The summed E-state index contributed by atoms with van der Waals surface area (Å²) in [6.45, 7) is 0. The Labute approximate surface area is 518 Å². The van der Waals surface area contributed by atoms with Crippen molar-refractivity contribution in [3.8, 4) is 102 Å². The van der Waals surface area contributed by atoms with Gasteiger partial charge in [0.1, 0.15) is 23.0 Å². The summed E-state index contributed by atoms with van der Waals surface area (Å²) in [5.41, 5.74) is 15.0. The first-order valence-corrected chi connectivity index (χ1v) is 30.4. The predicted molar refractivity (Wildman–Crippen MR) is 373 cm³/mol. The Morgan fingerprint density at radius 3 is 1.18 bits per heavy atom. The molecule has 4 nitrogen and oxygen atoms in total. The van der Waals surface area contributed by atoms with Crippen molar-refractivity contribution in [3.05, 3.63) is 302 Å². The van der Waals surface area contributed by atoms with Crippen LogP contribution in [0.5, 0.6) is 23.0 Å². The van der Waals surface area contributed by atoms with Gasteiger partial charge in [0.05, 0.1) is 23.3 Å². The molecule has 2 heterocycles. The highest BCUT2D eigenvalue weighted by Crippen LogP contribution is 2.52. The van der Waals surface area contributed by atoms with E-state index in [4.69, 9.17) is 9.47 Å². The van der Waals surface area contributed by atoms with Crippen molar-refractivity contribution in [3.63, 3.8) is 0 Å². The van der Waals surface area contributed by atoms with Crippen LogP contribution in [0.2, 0.25) is 0 Å². The number of ether oxygens (including phenoxy) is 2. The van der Waals surface area contributed by atoms with E-state index in [0.717, 1.165) is 83.5 Å². The maximum Gasteiger partial charge on any atom is 0.136 e. The van der Waals surface area contributed by atoms with Crippen molar-refractivity contribution in [1.29, 1.82) is 10.5 Å². The molecule has 0 amide bonds. The number of benzene rings is 17. The van der Waals surface area contributed by atoms with Crippen LogP contribution in [0.3, 0.4) is 0 Å². The van der Waals surface area contributed by atoms with Crippen LogP contribution in [0.15, 0.2) is 291 Å². The Morgan fingerprint density at radius 1 is 0.200 bits per heavy atom. The van der Waals surface area contributed by atoms with Gasteiger partial charge in [0, 0.05) is 32.7 Å². The molecule has 0 unspecified atom stereocenters. The second-order valence-electron chi connectivity index (χ2n) is 23.5. The van der Waals surface area contributed by atoms with Gasteiger partial charge in [-0.2, -0.15) is 10.5 Å². The van der Waals surface area contributed by atoms with Crippen LogP contribution >= 0.6 is 0 Å². The van der Waals surface area contributed by atoms with Crippen molar-refractivity contribution in [2.24, 2.45) is 0 Å². The number of hydrogen-bond acceptors (Lipinski definition) is 4. The van der Waals surface area contributed by atoms with Crippen molar-refractivity contribution in [2.75, 3.05) is 0 Å². The topological polar surface area (TPSA) is 66.0 Å². The van der Waals surface area contributed by atoms with E-state index in [0.29, 0.717) is 11.1 Å². The molecule has 0 saturated carbocycles. The standard InChI is InChI=1S/C45H25NO.C41H23NO/c46-26-29-20-22-43-45-31(29)16-8-18-38(45)37-21-19-28(23-44(37)47-43)39-24-41-36-15-6-5-14-35(36)40(25-42(41)34-13-4-3-12-33(34)39)32-17-7-10-27-9-1-2-11-30(27)32;42-24-29-18-21-39-41-31(29)10-5-11-36(41)35-20-17-28(22-40(35)43-39)25-12-14-27(15-13-25)37-23-38-30-7-2-1-6-26(30)16-19-34(38)32-8-3-4-9-33(32)37/h1-25H;1-23H. The Bertz CT molecular complexity index is 6060. The number of nitriles is 2. The third-order valence-electron chi connectivity index (χ3n) is 18.8. The summed E-state index contributed by atoms with van der Waals surface area (Å²) in [5.74, 6) is 3.24. The number of nitrogens with zero attached hydrogens (tertiary/aromatic N) is 2. The van der Waals surface area contributed by atoms with E-state index in [1.54, 1.807) is 0 Å². The summed E-state index contributed by atoms with van der Waals surface area (Å²) >= 11 is 0. The Balaban J connectivity index is 0.000000134. The normalized spacial score (nSPS) is 11.9. The summed E-state index contributed by atoms with van der Waals surface area (Å²) < 4.78 is 13.0. The highest BCUT2D eigenvalue weighted by atomic mass is 16.5. The molecule has 0 aliphatic carbocycles. The lowest BCUT2D eigenvalue weighted by Crippen LogP contribution is -1.98. The molecule has 2 aliphatic heterocycles. The fraction of sp³-hybridized carbons (Fsp3) is 0. The van der Waals surface area contributed by atoms with E-state index in [2.05, 4.69) is 255 Å². The average Bonchev–Trinajstić information content (AvgIpc) is 1.23. The minimum absolute atomic E-state index is 0.660. The quantitative estimate of drug-likeness (QED) is 0.165. The summed E-state index contributed by atoms with van der Waals surface area (Å²) in [6, 6.07) is 108. The molecule has 0 radical (unpaired) electrons. The molecule has 0 aromatic heterocycles. The molecular weight excluding hydrogens is 1090 g/mol. The molecular formula is C86H48N2O2. The van der Waals surface area contributed by atoms with Gasteiger partial charge in [0.25, 0.3) is 0 Å². The minimum Gasteiger partial charge on any atom is -0.456 e. The molecule has 0 spiro atoms. The van der Waals surface area contributed by atoms with Gasteiger partial charge in [-0.05, 0) is 198 Å². The monoisotopic (exact) mass is 1140 g/mol. The Hall–Kier alpha value is -12.3. The fourth-order valence-corrected chi connectivity index (χ4v) is 14.6. The van der Waals surface area contributed by atoms with Gasteiger partial charge in [0.2, 0.25) is 0 Å². The van der Waals surface area contributed by atoms with Gasteiger partial charge >= 0.3 is 0 Å². The molecule has 17 aromatic carbocycles. The van der Waals surface area contributed by atoms with E-state index in [-0.39, 0.29) is 0 Å². The van der Waals surface area contributed by atoms with Crippen molar-refractivity contribution >= 4 is 97.0 Å². The van der Waals surface area contributed by atoms with Crippen LogP contribution in [0.1, 0.15) is 11.1 Å². The van der Waals surface area contributed by atoms with E-state index >= 15 is 0 Å². The third-order valence-corrected chi connectivity index (χ3v) is 18.8. The summed E-state index contributed by atoms with van der Waals surface area (Å²) in [7, 11) is 0. The zero-order chi connectivity index (χ0) is 59.6. The molecule has 2 aliphatic rings. The molecule has 0 atom stereocenters. The molecule has 414 valence electrons. The summed E-state index contributed by atoms with van der Waals surface area (Å²) in [4.78, 5) is 0. The van der Waals surface area contributed by atoms with Crippen LogP contribution in [0.4, 0.5) is 0 Å². The molecule has 90 heavy (non-hydrogen) atoms. The Kier molecular flexibility index (Phi) is 11.4. The van der Waals surface area contributed by atoms with Crippen LogP contribution < -0.4 is 9.47 Å². The third kappa shape index (κ3) is 7.86. The smallest absolute Gasteiger partial charge is 0.136 e. The van der Waals surface area contributed by atoms with Crippen molar-refractivity contribution < 1.29 is 9.47 Å². The van der Waals surface area contributed by atoms with E-state index in [1.807, 2.05) is 48.5 Å². The molecule has 4 heteroatoms. The lowest BCUT2D eigenvalue weighted by atomic mass is 9.86. The van der Waals surface area contributed by atoms with Gasteiger partial charge in [-0.3, -0.25) is 0 Å². The maximum absolute atomic E-state index is 9.72. The fourth-order valence-electron chi connectivity index (χ4n) is 14.6. The van der Waals surface area contributed by atoms with Crippen molar-refractivity contribution in [1.82, 2.24) is 0 Å². The average molecular weight is 1140 g/mol. The lowest BCUT2D eigenvalue weighted by Gasteiger charge is -2.23. The van der Waals surface area contributed by atoms with Crippen molar-refractivity contribution in [2.45, 2.75) is 0 Å². The Morgan fingerprint density at radius 2 is 0.589 bits per heavy atom. The van der Waals surface area contributed by atoms with Crippen LogP contribution in [0.25, 0.3) is 164 Å².